The van der Waals surface area contributed by atoms with Crippen LogP contribution in [0.1, 0.15) is 51.2 Å². The maximum Gasteiger partial charge on any atom is 0.511 e. The lowest BCUT2D eigenvalue weighted by molar-refractivity contribution is -0.000965. The number of amides is 2. The van der Waals surface area contributed by atoms with Crippen molar-refractivity contribution in [1.82, 2.24) is 19.7 Å². The lowest BCUT2D eigenvalue weighted by Crippen LogP contribution is -2.50. The first-order valence-corrected chi connectivity index (χ1v) is 15.4. The summed E-state index contributed by atoms with van der Waals surface area (Å²) in [6.45, 7) is 1.31. The van der Waals surface area contributed by atoms with E-state index >= 15 is 0 Å². The van der Waals surface area contributed by atoms with E-state index in [2.05, 4.69) is 10.2 Å². The molecule has 0 spiro atoms. The van der Waals surface area contributed by atoms with Gasteiger partial charge in [-0.1, -0.05) is 36.4 Å². The van der Waals surface area contributed by atoms with Gasteiger partial charge in [-0.15, -0.1) is 0 Å². The van der Waals surface area contributed by atoms with Crippen molar-refractivity contribution >= 4 is 18.0 Å². The third kappa shape index (κ3) is 7.13. The van der Waals surface area contributed by atoms with E-state index in [9.17, 15) is 28.0 Å². The molecule has 2 amide bonds. The lowest BCUT2D eigenvalue weighted by Gasteiger charge is -2.36. The number of halogens is 2. The molecule has 0 radical (unpaired) electrons. The summed E-state index contributed by atoms with van der Waals surface area (Å²) in [6.07, 6.45) is 2.35. The van der Waals surface area contributed by atoms with E-state index < -0.39 is 47.6 Å². The van der Waals surface area contributed by atoms with Crippen molar-refractivity contribution < 1.29 is 42.1 Å². The average Bonchev–Trinajstić information content (AvgIpc) is 3.66. The third-order valence-electron chi connectivity index (χ3n) is 8.48. The predicted molar refractivity (Wildman–Crippen MR) is 161 cm³/mol. The summed E-state index contributed by atoms with van der Waals surface area (Å²) in [4.78, 5) is 56.6. The van der Waals surface area contributed by atoms with E-state index in [1.165, 1.54) is 16.8 Å². The minimum Gasteiger partial charge on any atom is -0.451 e. The second kappa shape index (κ2) is 14.3. The summed E-state index contributed by atoms with van der Waals surface area (Å²) in [7, 11) is 0. The first kappa shape index (κ1) is 32.1. The second-order valence-electron chi connectivity index (χ2n) is 11.5. The molecule has 3 aliphatic heterocycles. The van der Waals surface area contributed by atoms with Crippen molar-refractivity contribution in [3.05, 3.63) is 99.0 Å². The summed E-state index contributed by atoms with van der Waals surface area (Å²) < 4.78 is 50.2. The number of hydrogen-bond acceptors (Lipinski definition) is 9. The van der Waals surface area contributed by atoms with Gasteiger partial charge in [0, 0.05) is 49.9 Å². The number of ether oxygens (including phenoxy) is 4. The molecule has 3 aliphatic rings. The van der Waals surface area contributed by atoms with Crippen molar-refractivity contribution in [2.24, 2.45) is 0 Å². The van der Waals surface area contributed by atoms with E-state index in [0.29, 0.717) is 32.2 Å². The topological polar surface area (TPSA) is 129 Å². The quantitative estimate of drug-likeness (QED) is 0.178. The van der Waals surface area contributed by atoms with E-state index in [4.69, 9.17) is 18.9 Å². The highest BCUT2D eigenvalue weighted by atomic mass is 19.1. The van der Waals surface area contributed by atoms with Crippen LogP contribution in [0.2, 0.25) is 0 Å². The van der Waals surface area contributed by atoms with Crippen LogP contribution in [0, 0.1) is 11.6 Å². The van der Waals surface area contributed by atoms with E-state index in [0.717, 1.165) is 31.0 Å². The molecule has 6 rings (SSSR count). The number of nitrogens with one attached hydrogen (secondary N) is 1. The van der Waals surface area contributed by atoms with Crippen LogP contribution in [-0.2, 0) is 33.9 Å². The highest BCUT2D eigenvalue weighted by molar-refractivity contribution is 5.99. The zero-order valence-electron chi connectivity index (χ0n) is 25.5. The number of nitrogens with zero attached hydrogens (tertiary/aromatic N) is 3. The Kier molecular flexibility index (Phi) is 9.78. The van der Waals surface area contributed by atoms with E-state index in [-0.39, 0.29) is 48.7 Å². The molecule has 1 aromatic heterocycles. The SMILES string of the molecule is O=C(OCCCOCc1ccccc1)OCOc1c2n(cc(C(=O)NCc3ccc(F)cc3F)c1=O)C[C@@H]1N(C[C@H]3CCCN31)C2=O. The first-order valence-electron chi connectivity index (χ1n) is 15.4. The van der Waals surface area contributed by atoms with Gasteiger partial charge < -0.3 is 33.7 Å². The maximum atomic E-state index is 14.2. The molecule has 2 atom stereocenters. The van der Waals surface area contributed by atoms with Crippen molar-refractivity contribution in [2.45, 2.75) is 51.2 Å². The minimum atomic E-state index is -1.05. The van der Waals surface area contributed by atoms with Gasteiger partial charge in [-0.3, -0.25) is 19.3 Å². The number of carbonyl (C=O) groups is 3. The standard InChI is InChI=1S/C33H34F2N4O8/c34-23-10-9-22(26(35)14-23)15-36-31(41)25-17-37-18-27-38-11-4-8-24(38)16-39(27)32(42)28(37)30(29(25)40)46-20-47-33(43)45-13-5-12-44-19-21-6-2-1-3-7-21/h1-3,6-7,9-10,14,17,24,27H,4-5,8,11-13,15-16,18-20H2,(H,36,41)/t24-,27+/m1/s1. The molecule has 14 heteroatoms. The number of aromatic nitrogens is 1. The van der Waals surface area contributed by atoms with Gasteiger partial charge >= 0.3 is 6.16 Å². The van der Waals surface area contributed by atoms with Crippen molar-refractivity contribution in [2.75, 3.05) is 33.1 Å². The molecule has 2 fully saturated rings. The van der Waals surface area contributed by atoms with E-state index in [1.807, 2.05) is 30.3 Å². The summed E-state index contributed by atoms with van der Waals surface area (Å²) in [5.41, 5.74) is -0.304. The van der Waals surface area contributed by atoms with Gasteiger partial charge in [0.1, 0.15) is 23.4 Å². The van der Waals surface area contributed by atoms with Gasteiger partial charge in [-0.25, -0.2) is 13.6 Å². The molecule has 0 aliphatic carbocycles. The summed E-state index contributed by atoms with van der Waals surface area (Å²) >= 11 is 0. The van der Waals surface area contributed by atoms with Crippen molar-refractivity contribution in [1.29, 1.82) is 0 Å². The van der Waals surface area contributed by atoms with Gasteiger partial charge in [-0.05, 0) is 24.5 Å². The average molecular weight is 653 g/mol. The number of pyridine rings is 1. The molecular weight excluding hydrogens is 618 g/mol. The summed E-state index contributed by atoms with van der Waals surface area (Å²) in [6, 6.07) is 12.7. The zero-order valence-corrected chi connectivity index (χ0v) is 25.5. The molecular formula is C33H34F2N4O8. The van der Waals surface area contributed by atoms with Crippen LogP contribution in [0.5, 0.6) is 5.75 Å². The number of hydrogen-bond donors (Lipinski definition) is 1. The van der Waals surface area contributed by atoms with Crippen molar-refractivity contribution in [3.8, 4) is 5.75 Å². The zero-order chi connectivity index (χ0) is 32.9. The molecule has 3 aromatic rings. The number of rotatable bonds is 12. The Balaban J connectivity index is 1.12. The normalized spacial score (nSPS) is 18.3. The minimum absolute atomic E-state index is 0.0146. The predicted octanol–water partition coefficient (Wildman–Crippen LogP) is 3.41. The Morgan fingerprint density at radius 3 is 2.64 bits per heavy atom. The number of fused-ring (bicyclic) bond motifs is 4. The fourth-order valence-corrected chi connectivity index (χ4v) is 6.20. The van der Waals surface area contributed by atoms with Crippen molar-refractivity contribution in [3.63, 3.8) is 0 Å². The number of benzene rings is 2. The van der Waals surface area contributed by atoms with Crippen LogP contribution in [-0.4, -0.2) is 77.6 Å². The van der Waals surface area contributed by atoms with Crippen LogP contribution in [0.25, 0.3) is 0 Å². The van der Waals surface area contributed by atoms with Crippen LogP contribution >= 0.6 is 0 Å². The summed E-state index contributed by atoms with van der Waals surface area (Å²) in [5.74, 6) is -3.37. The Hall–Kier alpha value is -4.82. The fourth-order valence-electron chi connectivity index (χ4n) is 6.20. The molecule has 12 nitrogen and oxygen atoms in total. The molecule has 1 N–H and O–H groups in total. The lowest BCUT2D eigenvalue weighted by atomic mass is 10.1. The fraction of sp³-hybridized carbons (Fsp3) is 0.394. The van der Waals surface area contributed by atoms with Gasteiger partial charge in [0.15, 0.2) is 5.69 Å². The Morgan fingerprint density at radius 2 is 1.83 bits per heavy atom. The summed E-state index contributed by atoms with van der Waals surface area (Å²) in [5, 5.41) is 2.47. The van der Waals surface area contributed by atoms with E-state index in [1.54, 1.807) is 4.90 Å². The molecule has 2 aromatic carbocycles. The first-order chi connectivity index (χ1) is 22.8. The Morgan fingerprint density at radius 1 is 1.00 bits per heavy atom. The van der Waals surface area contributed by atoms with Crippen LogP contribution in [0.15, 0.2) is 59.5 Å². The Bertz CT molecular complexity index is 1700. The van der Waals surface area contributed by atoms with Gasteiger partial charge in [0.05, 0.1) is 26.4 Å². The molecule has 2 saturated heterocycles. The van der Waals surface area contributed by atoms with Crippen LogP contribution in [0.4, 0.5) is 13.6 Å². The second-order valence-corrected chi connectivity index (χ2v) is 11.5. The van der Waals surface area contributed by atoms with Gasteiger partial charge in [-0.2, -0.15) is 0 Å². The molecule has 47 heavy (non-hydrogen) atoms. The monoisotopic (exact) mass is 652 g/mol. The van der Waals surface area contributed by atoms with Gasteiger partial charge in [0.2, 0.25) is 18.0 Å². The molecule has 0 saturated carbocycles. The Labute approximate surface area is 268 Å². The molecule has 248 valence electrons. The molecule has 0 unspecified atom stereocenters. The highest BCUT2D eigenvalue weighted by Gasteiger charge is 2.48. The van der Waals surface area contributed by atoms with Crippen LogP contribution < -0.4 is 15.5 Å². The maximum absolute atomic E-state index is 14.2. The number of carbonyl (C=O) groups excluding carboxylic acids is 3. The third-order valence-corrected chi connectivity index (χ3v) is 8.48. The molecule has 4 heterocycles. The molecule has 0 bridgehead atoms. The largest absolute Gasteiger partial charge is 0.511 e. The van der Waals surface area contributed by atoms with Crippen LogP contribution in [0.3, 0.4) is 0 Å². The highest BCUT2D eigenvalue weighted by Crippen LogP contribution is 2.35. The van der Waals surface area contributed by atoms with Gasteiger partial charge in [0.25, 0.3) is 11.8 Å². The smallest absolute Gasteiger partial charge is 0.451 e.